The highest BCUT2D eigenvalue weighted by Gasteiger charge is 2.05. The Kier molecular flexibility index (Phi) is 5.66. The topological polar surface area (TPSA) is 64.6 Å². The Bertz CT molecular complexity index is 487. The van der Waals surface area contributed by atoms with E-state index in [1.807, 2.05) is 0 Å². The van der Waals surface area contributed by atoms with Crippen LogP contribution < -0.4 is 10.8 Å². The maximum Gasteiger partial charge on any atom is 0.411 e. The van der Waals surface area contributed by atoms with E-state index in [0.717, 1.165) is 0 Å². The van der Waals surface area contributed by atoms with Gasteiger partial charge in [-0.2, -0.15) is 0 Å². The molecule has 0 atom stereocenters. The van der Waals surface area contributed by atoms with Gasteiger partial charge in [-0.15, -0.1) is 0 Å². The first-order chi connectivity index (χ1) is 8.99. The van der Waals surface area contributed by atoms with Gasteiger partial charge >= 0.3 is 12.1 Å². The summed E-state index contributed by atoms with van der Waals surface area (Å²) in [4.78, 5) is 22.4. The van der Waals surface area contributed by atoms with Gasteiger partial charge in [-0.3, -0.25) is 5.32 Å². The number of anilines is 1. The number of nitrogens with one attached hydrogen (secondary N) is 1. The van der Waals surface area contributed by atoms with E-state index in [9.17, 15) is 9.59 Å². The van der Waals surface area contributed by atoms with Gasteiger partial charge in [0, 0.05) is 11.3 Å². The minimum absolute atomic E-state index is 0.0178. The van der Waals surface area contributed by atoms with Crippen molar-refractivity contribution in [2.24, 2.45) is 0 Å². The lowest BCUT2D eigenvalue weighted by Crippen LogP contribution is -2.19. The fourth-order valence-corrected chi connectivity index (χ4v) is 1.16. The maximum atomic E-state index is 11.4. The molecule has 0 aliphatic heterocycles. The minimum Gasteiger partial charge on any atom is -0.459 e. The van der Waals surface area contributed by atoms with Crippen LogP contribution in [0.5, 0.6) is 0 Å². The largest absolute Gasteiger partial charge is 0.459 e. The third-order valence-corrected chi connectivity index (χ3v) is 2.03. The van der Waals surface area contributed by atoms with Crippen LogP contribution in [0.3, 0.4) is 0 Å². The molecule has 0 saturated carbocycles. The summed E-state index contributed by atoms with van der Waals surface area (Å²) in [5.41, 5.74) is 1.36. The maximum absolute atomic E-state index is 11.4. The van der Waals surface area contributed by atoms with E-state index in [2.05, 4.69) is 11.9 Å². The zero-order valence-electron chi connectivity index (χ0n) is 10.6. The summed E-state index contributed by atoms with van der Waals surface area (Å²) >= 11 is 0. The summed E-state index contributed by atoms with van der Waals surface area (Å²) in [6.07, 6.45) is -0.642. The molecule has 1 aromatic carbocycles. The molecule has 1 aromatic rings. The molecule has 19 heavy (non-hydrogen) atoms. The molecule has 0 unspecified atom stereocenters. The third kappa shape index (κ3) is 5.76. The lowest BCUT2D eigenvalue weighted by molar-refractivity contribution is -0.139. The first-order valence-electron chi connectivity index (χ1n) is 5.61. The van der Waals surface area contributed by atoms with Crippen LogP contribution in [0, 0.1) is 0 Å². The highest BCUT2D eigenvalue weighted by molar-refractivity contribution is 6.32. The number of amides is 1. The molecule has 98 valence electrons. The molecule has 5 nitrogen and oxygen atoms in total. The predicted molar refractivity (Wildman–Crippen MR) is 72.6 cm³/mol. The van der Waals surface area contributed by atoms with E-state index in [4.69, 9.17) is 17.3 Å². The van der Waals surface area contributed by atoms with Crippen molar-refractivity contribution in [1.82, 2.24) is 0 Å². The first-order valence-corrected chi connectivity index (χ1v) is 5.61. The molecule has 0 fully saturated rings. The molecule has 2 radical (unpaired) electrons. The fraction of sp³-hybridized carbons (Fsp3) is 0.231. The smallest absolute Gasteiger partial charge is 0.411 e. The van der Waals surface area contributed by atoms with Crippen LogP contribution in [0.2, 0.25) is 0 Å². The number of esters is 1. The molecule has 0 saturated heterocycles. The van der Waals surface area contributed by atoms with Gasteiger partial charge in [-0.05, 0) is 19.1 Å². The van der Waals surface area contributed by atoms with Crippen LogP contribution in [-0.4, -0.2) is 33.1 Å². The van der Waals surface area contributed by atoms with E-state index in [1.54, 1.807) is 24.3 Å². The average molecular weight is 259 g/mol. The summed E-state index contributed by atoms with van der Waals surface area (Å²) in [5, 5.41) is 2.49. The van der Waals surface area contributed by atoms with Crippen molar-refractivity contribution in [2.75, 3.05) is 18.5 Å². The molecule has 0 heterocycles. The van der Waals surface area contributed by atoms with Crippen molar-refractivity contribution in [2.45, 2.75) is 6.92 Å². The Hall–Kier alpha value is -2.24. The lowest BCUT2D eigenvalue weighted by atomic mass is 9.96. The number of hydrogen-bond donors (Lipinski definition) is 1. The number of benzene rings is 1. The van der Waals surface area contributed by atoms with E-state index in [-0.39, 0.29) is 13.2 Å². The van der Waals surface area contributed by atoms with Crippen molar-refractivity contribution < 1.29 is 19.1 Å². The molecule has 0 aliphatic carbocycles. The van der Waals surface area contributed by atoms with Crippen LogP contribution in [0.1, 0.15) is 6.92 Å². The van der Waals surface area contributed by atoms with Gasteiger partial charge in [0.25, 0.3) is 0 Å². The zero-order valence-corrected chi connectivity index (χ0v) is 10.6. The third-order valence-electron chi connectivity index (χ3n) is 2.03. The quantitative estimate of drug-likeness (QED) is 0.373. The number of carbonyl (C=O) groups is 2. The Balaban J connectivity index is 2.25. The summed E-state index contributed by atoms with van der Waals surface area (Å²) in [5.74, 6) is -0.514. The standard InChI is InChI=1S/C13H14BNO4/c1-9(2)12(16)18-6-7-19-13(17)15-11-5-3-4-10(14)8-11/h3-5,8H,1,6-7H2,2H3,(H,15,17). The van der Waals surface area contributed by atoms with E-state index in [1.165, 1.54) is 6.92 Å². The van der Waals surface area contributed by atoms with Crippen molar-refractivity contribution >= 4 is 31.1 Å². The van der Waals surface area contributed by atoms with Crippen molar-refractivity contribution in [3.8, 4) is 0 Å². The van der Waals surface area contributed by atoms with Crippen molar-refractivity contribution in [1.29, 1.82) is 0 Å². The van der Waals surface area contributed by atoms with Gasteiger partial charge in [-0.1, -0.05) is 24.2 Å². The molecule has 1 amide bonds. The highest BCUT2D eigenvalue weighted by Crippen LogP contribution is 2.03. The minimum atomic E-state index is -0.642. The van der Waals surface area contributed by atoms with Gasteiger partial charge < -0.3 is 9.47 Å². The second kappa shape index (κ2) is 7.26. The zero-order chi connectivity index (χ0) is 14.3. The second-order valence-corrected chi connectivity index (χ2v) is 3.80. The average Bonchev–Trinajstić information content (AvgIpc) is 2.34. The summed E-state index contributed by atoms with van der Waals surface area (Å²) in [6, 6.07) is 6.69. The molecular weight excluding hydrogens is 245 g/mol. The Morgan fingerprint density at radius 1 is 1.32 bits per heavy atom. The number of carbonyl (C=O) groups excluding carboxylic acids is 2. The number of rotatable bonds is 5. The first kappa shape index (κ1) is 14.8. The Labute approximate surface area is 113 Å². The predicted octanol–water partition coefficient (Wildman–Crippen LogP) is 1.15. The molecular formula is C13H14BNO4. The Morgan fingerprint density at radius 3 is 2.63 bits per heavy atom. The van der Waals surface area contributed by atoms with Crippen LogP contribution in [0.25, 0.3) is 0 Å². The van der Waals surface area contributed by atoms with Gasteiger partial charge in [0.1, 0.15) is 21.1 Å². The second-order valence-electron chi connectivity index (χ2n) is 3.80. The van der Waals surface area contributed by atoms with E-state index >= 15 is 0 Å². The van der Waals surface area contributed by atoms with Gasteiger partial charge in [0.2, 0.25) is 0 Å². The molecule has 0 spiro atoms. The van der Waals surface area contributed by atoms with Crippen LogP contribution in [-0.2, 0) is 14.3 Å². The molecule has 0 aromatic heterocycles. The van der Waals surface area contributed by atoms with Crippen molar-refractivity contribution in [3.63, 3.8) is 0 Å². The summed E-state index contributed by atoms with van der Waals surface area (Å²) in [6.45, 7) is 4.91. The monoisotopic (exact) mass is 259 g/mol. The van der Waals surface area contributed by atoms with E-state index < -0.39 is 12.1 Å². The van der Waals surface area contributed by atoms with Gasteiger partial charge in [0.05, 0.1) is 0 Å². The summed E-state index contributed by atoms with van der Waals surface area (Å²) < 4.78 is 9.58. The molecule has 0 bridgehead atoms. The van der Waals surface area contributed by atoms with Gasteiger partial charge in [0.15, 0.2) is 0 Å². The Morgan fingerprint density at radius 2 is 2.00 bits per heavy atom. The highest BCUT2D eigenvalue weighted by atomic mass is 16.6. The molecule has 6 heteroatoms. The molecule has 1 rings (SSSR count). The fourth-order valence-electron chi connectivity index (χ4n) is 1.16. The number of hydrogen-bond acceptors (Lipinski definition) is 4. The normalized spacial score (nSPS) is 9.53. The van der Waals surface area contributed by atoms with E-state index in [0.29, 0.717) is 16.7 Å². The lowest BCUT2D eigenvalue weighted by Gasteiger charge is -2.08. The van der Waals surface area contributed by atoms with Crippen molar-refractivity contribution in [3.05, 3.63) is 36.4 Å². The molecule has 1 N–H and O–H groups in total. The van der Waals surface area contributed by atoms with Crippen LogP contribution in [0.4, 0.5) is 10.5 Å². The summed E-state index contributed by atoms with van der Waals surface area (Å²) in [7, 11) is 5.56. The SMILES string of the molecule is [B]c1cccc(NC(=O)OCCOC(=O)C(=C)C)c1. The van der Waals surface area contributed by atoms with Crippen LogP contribution in [0.15, 0.2) is 36.4 Å². The van der Waals surface area contributed by atoms with Gasteiger partial charge in [-0.25, -0.2) is 9.59 Å². The molecule has 0 aliphatic rings. The number of ether oxygens (including phenoxy) is 2. The van der Waals surface area contributed by atoms with Crippen LogP contribution >= 0.6 is 0 Å².